The highest BCUT2D eigenvalue weighted by atomic mass is 16.5. The predicted octanol–water partition coefficient (Wildman–Crippen LogP) is 9.05. The minimum atomic E-state index is -0.135. The van der Waals surface area contributed by atoms with Crippen molar-refractivity contribution in [2.24, 2.45) is 0 Å². The normalized spacial score (nSPS) is 11.8. The van der Waals surface area contributed by atoms with Gasteiger partial charge in [-0.1, -0.05) is 81.6 Å². The minimum absolute atomic E-state index is 0.135. The highest BCUT2D eigenvalue weighted by Crippen LogP contribution is 2.09. The second-order valence-electron chi connectivity index (χ2n) is 8.75. The molecule has 0 N–H and O–H groups in total. The molecule has 0 atom stereocenters. The number of esters is 1. The number of allylic oxidation sites excluding steroid dienone is 6. The zero-order valence-corrected chi connectivity index (χ0v) is 21.1. The molecule has 0 aliphatic heterocycles. The van der Waals surface area contributed by atoms with E-state index in [4.69, 9.17) is 4.74 Å². The molecule has 0 fully saturated rings. The fraction of sp³-hybridized carbons (Fsp3) is 0.600. The summed E-state index contributed by atoms with van der Waals surface area (Å²) in [7, 11) is 0. The van der Waals surface area contributed by atoms with E-state index in [-0.39, 0.29) is 5.97 Å². The predicted molar refractivity (Wildman–Crippen MR) is 141 cm³/mol. The lowest BCUT2D eigenvalue weighted by atomic mass is 10.1. The Morgan fingerprint density at radius 3 is 1.85 bits per heavy atom. The largest absolute Gasteiger partial charge is 0.461 e. The number of unbranched alkanes of at least 4 members (excludes halogenated alkanes) is 11. The molecule has 0 bridgehead atoms. The van der Waals surface area contributed by atoms with Crippen LogP contribution in [0.4, 0.5) is 0 Å². The number of carbonyl (C=O) groups excluding carboxylic acids is 1. The molecule has 184 valence electrons. The summed E-state index contributed by atoms with van der Waals surface area (Å²) in [6.07, 6.45) is 36.2. The van der Waals surface area contributed by atoms with Crippen molar-refractivity contribution in [1.29, 1.82) is 0 Å². The van der Waals surface area contributed by atoms with Crippen LogP contribution in [0.3, 0.4) is 0 Å². The molecule has 0 radical (unpaired) electrons. The maximum Gasteiger partial charge on any atom is 0.306 e. The van der Waals surface area contributed by atoms with E-state index in [2.05, 4.69) is 48.4 Å². The molecule has 0 spiro atoms. The number of ether oxygens (including phenoxy) is 1. The minimum Gasteiger partial charge on any atom is -0.461 e. The van der Waals surface area contributed by atoms with Crippen LogP contribution in [-0.2, 0) is 16.1 Å². The van der Waals surface area contributed by atoms with E-state index in [1.54, 1.807) is 12.4 Å². The Hall–Kier alpha value is -2.16. The Balaban J connectivity index is 1.82. The van der Waals surface area contributed by atoms with Crippen molar-refractivity contribution in [2.45, 2.75) is 116 Å². The van der Waals surface area contributed by atoms with E-state index in [1.165, 1.54) is 70.6 Å². The number of carbonyl (C=O) groups is 1. The van der Waals surface area contributed by atoms with Crippen LogP contribution in [0, 0.1) is 0 Å². The number of hydrogen-bond donors (Lipinski definition) is 0. The molecule has 1 aromatic rings. The van der Waals surface area contributed by atoms with Crippen molar-refractivity contribution in [3.8, 4) is 0 Å². The van der Waals surface area contributed by atoms with E-state index < -0.39 is 0 Å². The first-order valence-electron chi connectivity index (χ1n) is 13.3. The quantitative estimate of drug-likeness (QED) is 0.106. The Labute approximate surface area is 203 Å². The SMILES string of the molecule is CCCCCC/C=C\CCCCCC/C=C\CC/C=C\CCCC(=O)OCc1cccnc1. The van der Waals surface area contributed by atoms with Crippen LogP contribution >= 0.6 is 0 Å². The van der Waals surface area contributed by atoms with Gasteiger partial charge >= 0.3 is 5.97 Å². The van der Waals surface area contributed by atoms with Gasteiger partial charge in [0.05, 0.1) is 0 Å². The topological polar surface area (TPSA) is 39.2 Å². The average molecular weight is 454 g/mol. The van der Waals surface area contributed by atoms with E-state index >= 15 is 0 Å². The summed E-state index contributed by atoms with van der Waals surface area (Å²) in [5, 5.41) is 0. The maximum absolute atomic E-state index is 11.7. The third-order valence-electron chi connectivity index (χ3n) is 5.59. The molecule has 0 aliphatic carbocycles. The molecule has 0 aromatic carbocycles. The van der Waals surface area contributed by atoms with Crippen molar-refractivity contribution in [1.82, 2.24) is 4.98 Å². The van der Waals surface area contributed by atoms with Gasteiger partial charge in [0, 0.05) is 24.4 Å². The number of nitrogens with zero attached hydrogens (tertiary/aromatic N) is 1. The molecule has 0 unspecified atom stereocenters. The monoisotopic (exact) mass is 453 g/mol. The molecule has 0 amide bonds. The summed E-state index contributed by atoms with van der Waals surface area (Å²) < 4.78 is 5.26. The van der Waals surface area contributed by atoms with Gasteiger partial charge in [-0.15, -0.1) is 0 Å². The van der Waals surface area contributed by atoms with E-state index in [0.29, 0.717) is 13.0 Å². The van der Waals surface area contributed by atoms with Crippen molar-refractivity contribution in [3.05, 3.63) is 66.5 Å². The van der Waals surface area contributed by atoms with Gasteiger partial charge in [0.1, 0.15) is 6.61 Å². The molecule has 33 heavy (non-hydrogen) atoms. The van der Waals surface area contributed by atoms with Crippen molar-refractivity contribution in [3.63, 3.8) is 0 Å². The molecule has 1 aromatic heterocycles. The number of aromatic nitrogens is 1. The zero-order chi connectivity index (χ0) is 23.7. The highest BCUT2D eigenvalue weighted by Gasteiger charge is 2.02. The van der Waals surface area contributed by atoms with Crippen molar-refractivity contribution < 1.29 is 9.53 Å². The fourth-order valence-electron chi connectivity index (χ4n) is 3.55. The molecule has 0 aliphatic rings. The zero-order valence-electron chi connectivity index (χ0n) is 21.1. The van der Waals surface area contributed by atoms with Gasteiger partial charge in [-0.05, 0) is 70.3 Å². The van der Waals surface area contributed by atoms with Gasteiger partial charge < -0.3 is 4.74 Å². The van der Waals surface area contributed by atoms with Crippen LogP contribution < -0.4 is 0 Å². The van der Waals surface area contributed by atoms with Crippen LogP contribution in [0.15, 0.2) is 61.0 Å². The van der Waals surface area contributed by atoms with E-state index in [0.717, 1.165) is 31.2 Å². The number of rotatable bonds is 21. The van der Waals surface area contributed by atoms with Crippen LogP contribution in [0.5, 0.6) is 0 Å². The Kier molecular flexibility index (Phi) is 20.1. The number of hydrogen-bond acceptors (Lipinski definition) is 3. The lowest BCUT2D eigenvalue weighted by Gasteiger charge is -2.03. The summed E-state index contributed by atoms with van der Waals surface area (Å²) in [6.45, 7) is 2.58. The Morgan fingerprint density at radius 2 is 1.30 bits per heavy atom. The van der Waals surface area contributed by atoms with Crippen LogP contribution in [0.2, 0.25) is 0 Å². The molecular weight excluding hydrogens is 406 g/mol. The molecule has 0 saturated heterocycles. The van der Waals surface area contributed by atoms with Gasteiger partial charge in [0.2, 0.25) is 0 Å². The first kappa shape index (κ1) is 28.9. The van der Waals surface area contributed by atoms with E-state index in [1.807, 2.05) is 12.1 Å². The van der Waals surface area contributed by atoms with E-state index in [9.17, 15) is 4.79 Å². The van der Waals surface area contributed by atoms with Gasteiger partial charge in [0.25, 0.3) is 0 Å². The second-order valence-corrected chi connectivity index (χ2v) is 8.75. The van der Waals surface area contributed by atoms with Gasteiger partial charge in [-0.25, -0.2) is 0 Å². The van der Waals surface area contributed by atoms with Gasteiger partial charge in [-0.3, -0.25) is 9.78 Å². The molecule has 3 heteroatoms. The lowest BCUT2D eigenvalue weighted by molar-refractivity contribution is -0.145. The fourth-order valence-corrected chi connectivity index (χ4v) is 3.55. The summed E-state index contributed by atoms with van der Waals surface area (Å²) in [4.78, 5) is 15.8. The highest BCUT2D eigenvalue weighted by molar-refractivity contribution is 5.69. The maximum atomic E-state index is 11.7. The summed E-state index contributed by atoms with van der Waals surface area (Å²) in [5.41, 5.74) is 0.926. The van der Waals surface area contributed by atoms with Gasteiger partial charge in [0.15, 0.2) is 0 Å². The smallest absolute Gasteiger partial charge is 0.306 e. The van der Waals surface area contributed by atoms with Crippen LogP contribution in [-0.4, -0.2) is 11.0 Å². The lowest BCUT2D eigenvalue weighted by Crippen LogP contribution is -2.04. The second kappa shape index (κ2) is 23.0. The average Bonchev–Trinajstić information content (AvgIpc) is 2.84. The third-order valence-corrected chi connectivity index (χ3v) is 5.59. The van der Waals surface area contributed by atoms with Crippen LogP contribution in [0.1, 0.15) is 115 Å². The Morgan fingerprint density at radius 1 is 0.758 bits per heavy atom. The molecule has 3 nitrogen and oxygen atoms in total. The van der Waals surface area contributed by atoms with Crippen molar-refractivity contribution in [2.75, 3.05) is 0 Å². The molecule has 1 rings (SSSR count). The third kappa shape index (κ3) is 20.2. The first-order valence-corrected chi connectivity index (χ1v) is 13.3. The summed E-state index contributed by atoms with van der Waals surface area (Å²) in [6, 6.07) is 3.76. The Bertz CT molecular complexity index is 649. The number of pyridine rings is 1. The molecule has 1 heterocycles. The molecular formula is C30H47NO2. The first-order chi connectivity index (χ1) is 16.3. The molecule has 0 saturated carbocycles. The van der Waals surface area contributed by atoms with Gasteiger partial charge in [-0.2, -0.15) is 0 Å². The summed E-state index contributed by atoms with van der Waals surface area (Å²) >= 11 is 0. The summed E-state index contributed by atoms with van der Waals surface area (Å²) in [5.74, 6) is -0.135. The standard InChI is InChI=1S/C30H47NO2/c1-2-3-4-5-6-7-8-9-10-11-12-13-14-15-16-17-18-19-20-21-22-25-30(32)33-28-29-24-23-26-31-27-29/h7-8,15-16,19-20,23-24,26-27H,2-6,9-14,17-18,21-22,25,28H2,1H3/b8-7-,16-15-,20-19-. The van der Waals surface area contributed by atoms with Crippen LogP contribution in [0.25, 0.3) is 0 Å². The van der Waals surface area contributed by atoms with Crippen molar-refractivity contribution >= 4 is 5.97 Å².